The third kappa shape index (κ3) is 3.91. The second-order valence-electron chi connectivity index (χ2n) is 3.27. The van der Waals surface area contributed by atoms with E-state index in [4.69, 9.17) is 0 Å². The second kappa shape index (κ2) is 4.94. The first-order valence-corrected chi connectivity index (χ1v) is 4.73. The molecule has 1 heterocycles. The molecular formula is C8H10F5N3O. The molecule has 0 aliphatic heterocycles. The van der Waals surface area contributed by atoms with Crippen LogP contribution in [0, 0.1) is 0 Å². The van der Waals surface area contributed by atoms with Gasteiger partial charge in [0, 0.05) is 6.42 Å². The van der Waals surface area contributed by atoms with Gasteiger partial charge in [-0.3, -0.25) is 4.74 Å². The summed E-state index contributed by atoms with van der Waals surface area (Å²) in [5.41, 5.74) is 0. The third-order valence-corrected chi connectivity index (χ3v) is 1.78. The SMILES string of the molecule is CCCC(F)(F)OC(n1cncn1)C(F)(F)F. The van der Waals surface area contributed by atoms with Gasteiger partial charge in [0.2, 0.25) is 0 Å². The van der Waals surface area contributed by atoms with Gasteiger partial charge in [-0.25, -0.2) is 9.67 Å². The van der Waals surface area contributed by atoms with Gasteiger partial charge in [0.1, 0.15) is 12.7 Å². The highest BCUT2D eigenvalue weighted by molar-refractivity contribution is 4.70. The van der Waals surface area contributed by atoms with E-state index in [0.29, 0.717) is 6.33 Å². The maximum absolute atomic E-state index is 13.0. The predicted octanol–water partition coefficient (Wildman–Crippen LogP) is 2.75. The lowest BCUT2D eigenvalue weighted by Crippen LogP contribution is -2.36. The van der Waals surface area contributed by atoms with Gasteiger partial charge in [0.15, 0.2) is 0 Å². The first kappa shape index (κ1) is 13.8. The number of aromatic nitrogens is 3. The molecule has 9 heteroatoms. The van der Waals surface area contributed by atoms with Crippen molar-refractivity contribution in [2.75, 3.05) is 0 Å². The molecule has 0 aliphatic rings. The summed E-state index contributed by atoms with van der Waals surface area (Å²) in [7, 11) is 0. The molecule has 0 spiro atoms. The lowest BCUT2D eigenvalue weighted by molar-refractivity contribution is -0.352. The molecule has 0 aromatic carbocycles. The van der Waals surface area contributed by atoms with Gasteiger partial charge in [-0.1, -0.05) is 6.92 Å². The van der Waals surface area contributed by atoms with Crippen LogP contribution in [0.1, 0.15) is 26.0 Å². The normalized spacial score (nSPS) is 14.9. The molecule has 1 atom stereocenters. The smallest absolute Gasteiger partial charge is 0.285 e. The molecule has 98 valence electrons. The van der Waals surface area contributed by atoms with Crippen LogP contribution in [0.25, 0.3) is 0 Å². The minimum absolute atomic E-state index is 0.00503. The molecule has 1 aromatic heterocycles. The van der Waals surface area contributed by atoms with Crippen molar-refractivity contribution in [3.8, 4) is 0 Å². The van der Waals surface area contributed by atoms with E-state index in [1.54, 1.807) is 0 Å². The van der Waals surface area contributed by atoms with E-state index >= 15 is 0 Å². The van der Waals surface area contributed by atoms with E-state index in [-0.39, 0.29) is 11.1 Å². The minimum atomic E-state index is -5.00. The number of rotatable bonds is 5. The van der Waals surface area contributed by atoms with Crippen LogP contribution in [-0.4, -0.2) is 27.0 Å². The Kier molecular flexibility index (Phi) is 4.02. The number of hydrogen-bond acceptors (Lipinski definition) is 3. The number of halogens is 5. The van der Waals surface area contributed by atoms with Gasteiger partial charge >= 0.3 is 12.3 Å². The summed E-state index contributed by atoms with van der Waals surface area (Å²) in [6, 6.07) is 0. The summed E-state index contributed by atoms with van der Waals surface area (Å²) in [5.74, 6) is 0. The molecular weight excluding hydrogens is 249 g/mol. The van der Waals surface area contributed by atoms with Gasteiger partial charge in [-0.15, -0.1) is 0 Å². The summed E-state index contributed by atoms with van der Waals surface area (Å²) < 4.78 is 67.5. The summed E-state index contributed by atoms with van der Waals surface area (Å²) in [6.45, 7) is 1.41. The zero-order valence-electron chi connectivity index (χ0n) is 8.79. The van der Waals surface area contributed by atoms with Gasteiger partial charge < -0.3 is 0 Å². The predicted molar refractivity (Wildman–Crippen MR) is 46.1 cm³/mol. The fraction of sp³-hybridized carbons (Fsp3) is 0.750. The highest BCUT2D eigenvalue weighted by Gasteiger charge is 2.48. The van der Waals surface area contributed by atoms with Crippen LogP contribution in [0.3, 0.4) is 0 Å². The van der Waals surface area contributed by atoms with Crippen LogP contribution in [0.5, 0.6) is 0 Å². The quantitative estimate of drug-likeness (QED) is 0.763. The number of hydrogen-bond donors (Lipinski definition) is 0. The first-order valence-electron chi connectivity index (χ1n) is 4.73. The Labute approximate surface area is 93.4 Å². The summed E-state index contributed by atoms with van der Waals surface area (Å²) >= 11 is 0. The molecule has 0 saturated heterocycles. The fourth-order valence-electron chi connectivity index (χ4n) is 1.12. The van der Waals surface area contributed by atoms with Crippen LogP contribution in [-0.2, 0) is 4.74 Å². The lowest BCUT2D eigenvalue weighted by atomic mass is 10.3. The minimum Gasteiger partial charge on any atom is -0.285 e. The van der Waals surface area contributed by atoms with Crippen LogP contribution in [0.15, 0.2) is 12.7 Å². The van der Waals surface area contributed by atoms with Crippen molar-refractivity contribution in [2.24, 2.45) is 0 Å². The first-order chi connectivity index (χ1) is 7.76. The largest absolute Gasteiger partial charge is 0.435 e. The Balaban J connectivity index is 2.87. The molecule has 1 aromatic rings. The highest BCUT2D eigenvalue weighted by atomic mass is 19.4. The van der Waals surface area contributed by atoms with E-state index in [1.165, 1.54) is 6.92 Å². The summed E-state index contributed by atoms with van der Waals surface area (Å²) in [4.78, 5) is 3.26. The van der Waals surface area contributed by atoms with E-state index in [0.717, 1.165) is 6.33 Å². The van der Waals surface area contributed by atoms with Crippen molar-refractivity contribution >= 4 is 0 Å². The Bertz CT molecular complexity index is 337. The van der Waals surface area contributed by atoms with E-state index in [9.17, 15) is 22.0 Å². The zero-order chi connectivity index (χ0) is 13.1. The monoisotopic (exact) mass is 259 g/mol. The zero-order valence-corrected chi connectivity index (χ0v) is 8.79. The summed E-state index contributed by atoms with van der Waals surface area (Å²) in [6.07, 6.45) is -11.0. The number of ether oxygens (including phenoxy) is 1. The molecule has 0 fully saturated rings. The maximum Gasteiger partial charge on any atom is 0.435 e. The van der Waals surface area contributed by atoms with Crippen molar-refractivity contribution in [1.82, 2.24) is 14.8 Å². The van der Waals surface area contributed by atoms with Crippen molar-refractivity contribution in [1.29, 1.82) is 0 Å². The Hall–Kier alpha value is -1.25. The number of alkyl halides is 5. The molecule has 0 amide bonds. The van der Waals surface area contributed by atoms with Gasteiger partial charge in [0.05, 0.1) is 0 Å². The standard InChI is InChI=1S/C8H10F5N3O/c1-2-3-7(9,10)17-6(8(11,12)13)16-5-14-4-15-16/h4-6H,2-3H2,1H3. The van der Waals surface area contributed by atoms with Crippen molar-refractivity contribution in [2.45, 2.75) is 38.3 Å². The van der Waals surface area contributed by atoms with Crippen LogP contribution >= 0.6 is 0 Å². The lowest BCUT2D eigenvalue weighted by Gasteiger charge is -2.25. The van der Waals surface area contributed by atoms with Crippen LogP contribution in [0.2, 0.25) is 0 Å². The maximum atomic E-state index is 13.0. The fourth-order valence-corrected chi connectivity index (χ4v) is 1.12. The molecule has 0 bridgehead atoms. The van der Waals surface area contributed by atoms with Gasteiger partial charge in [-0.2, -0.15) is 27.1 Å². The Morgan fingerprint density at radius 1 is 1.29 bits per heavy atom. The molecule has 1 rings (SSSR count). The Morgan fingerprint density at radius 3 is 2.35 bits per heavy atom. The van der Waals surface area contributed by atoms with Crippen LogP contribution in [0.4, 0.5) is 22.0 Å². The van der Waals surface area contributed by atoms with E-state index < -0.39 is 24.9 Å². The van der Waals surface area contributed by atoms with Crippen molar-refractivity contribution in [3.05, 3.63) is 12.7 Å². The van der Waals surface area contributed by atoms with E-state index in [2.05, 4.69) is 14.8 Å². The molecule has 0 aliphatic carbocycles. The second-order valence-corrected chi connectivity index (χ2v) is 3.27. The van der Waals surface area contributed by atoms with Gasteiger partial charge in [0.25, 0.3) is 6.23 Å². The molecule has 4 nitrogen and oxygen atoms in total. The molecule has 0 N–H and O–H groups in total. The van der Waals surface area contributed by atoms with Crippen LogP contribution < -0.4 is 0 Å². The molecule has 17 heavy (non-hydrogen) atoms. The van der Waals surface area contributed by atoms with Crippen molar-refractivity contribution in [3.63, 3.8) is 0 Å². The topological polar surface area (TPSA) is 39.9 Å². The summed E-state index contributed by atoms with van der Waals surface area (Å²) in [5, 5.41) is 3.15. The van der Waals surface area contributed by atoms with E-state index in [1.807, 2.05) is 0 Å². The molecule has 0 radical (unpaired) electrons. The number of nitrogens with zero attached hydrogens (tertiary/aromatic N) is 3. The van der Waals surface area contributed by atoms with Crippen molar-refractivity contribution < 1.29 is 26.7 Å². The third-order valence-electron chi connectivity index (χ3n) is 1.78. The molecule has 1 unspecified atom stereocenters. The Morgan fingerprint density at radius 2 is 1.94 bits per heavy atom. The average molecular weight is 259 g/mol. The average Bonchev–Trinajstić information content (AvgIpc) is 2.64. The van der Waals surface area contributed by atoms with Gasteiger partial charge in [-0.05, 0) is 6.42 Å². The highest BCUT2D eigenvalue weighted by Crippen LogP contribution is 2.36. The molecule has 0 saturated carbocycles.